The maximum absolute atomic E-state index is 11.6. The average molecular weight is 276 g/mol. The molecule has 4 heteroatoms. The number of carboxylic acid groups (broad SMARTS) is 1. The Morgan fingerprint density at radius 2 is 2.10 bits per heavy atom. The Labute approximate surface area is 120 Å². The molecule has 1 aliphatic rings. The van der Waals surface area contributed by atoms with Crippen molar-refractivity contribution in [3.8, 4) is 0 Å². The van der Waals surface area contributed by atoms with Crippen molar-refractivity contribution in [3.63, 3.8) is 0 Å². The summed E-state index contributed by atoms with van der Waals surface area (Å²) in [5.74, 6) is -1.19. The van der Waals surface area contributed by atoms with E-state index in [1.54, 1.807) is 0 Å². The lowest BCUT2D eigenvalue weighted by Crippen LogP contribution is -2.44. The third kappa shape index (κ3) is 3.81. The van der Waals surface area contributed by atoms with E-state index in [-0.39, 0.29) is 0 Å². The summed E-state index contributed by atoms with van der Waals surface area (Å²) < 4.78 is 0. The quantitative estimate of drug-likeness (QED) is 0.834. The Morgan fingerprint density at radius 1 is 1.35 bits per heavy atom. The monoisotopic (exact) mass is 276 g/mol. The van der Waals surface area contributed by atoms with E-state index in [0.717, 1.165) is 31.4 Å². The molecule has 0 aromatic heterocycles. The zero-order valence-corrected chi connectivity index (χ0v) is 11.9. The van der Waals surface area contributed by atoms with E-state index in [1.807, 2.05) is 30.3 Å². The van der Waals surface area contributed by atoms with Crippen molar-refractivity contribution in [2.24, 2.45) is 5.73 Å². The van der Waals surface area contributed by atoms with Gasteiger partial charge in [-0.05, 0) is 37.9 Å². The molecule has 0 spiro atoms. The predicted molar refractivity (Wildman–Crippen MR) is 79.7 cm³/mol. The van der Waals surface area contributed by atoms with E-state index in [2.05, 4.69) is 4.90 Å². The van der Waals surface area contributed by atoms with Gasteiger partial charge in [-0.25, -0.2) is 0 Å². The molecule has 1 aromatic carbocycles. The average Bonchev–Trinajstić information content (AvgIpc) is 2.47. The largest absolute Gasteiger partial charge is 0.481 e. The summed E-state index contributed by atoms with van der Waals surface area (Å²) in [5.41, 5.74) is 6.57. The van der Waals surface area contributed by atoms with Gasteiger partial charge in [0, 0.05) is 12.6 Å². The zero-order chi connectivity index (χ0) is 14.4. The summed E-state index contributed by atoms with van der Waals surface area (Å²) in [5, 5.41) is 9.52. The molecule has 0 aliphatic carbocycles. The molecule has 0 bridgehead atoms. The van der Waals surface area contributed by atoms with Crippen LogP contribution < -0.4 is 5.73 Å². The molecule has 110 valence electrons. The van der Waals surface area contributed by atoms with E-state index >= 15 is 0 Å². The smallest absolute Gasteiger partial charge is 0.312 e. The molecule has 0 saturated carbocycles. The predicted octanol–water partition coefficient (Wildman–Crippen LogP) is 2.06. The highest BCUT2D eigenvalue weighted by molar-refractivity contribution is 5.76. The van der Waals surface area contributed by atoms with Crippen LogP contribution in [0.5, 0.6) is 0 Å². The topological polar surface area (TPSA) is 66.6 Å². The van der Waals surface area contributed by atoms with E-state index in [1.165, 1.54) is 6.42 Å². The zero-order valence-electron chi connectivity index (χ0n) is 11.9. The number of carbonyl (C=O) groups is 1. The van der Waals surface area contributed by atoms with Crippen LogP contribution in [-0.2, 0) is 4.79 Å². The van der Waals surface area contributed by atoms with Gasteiger partial charge in [0.05, 0.1) is 5.92 Å². The summed E-state index contributed by atoms with van der Waals surface area (Å²) in [7, 11) is 0. The molecular formula is C16H24N2O2. The van der Waals surface area contributed by atoms with Gasteiger partial charge in [-0.3, -0.25) is 9.69 Å². The molecule has 1 heterocycles. The Bertz CT molecular complexity index is 420. The number of aliphatic carboxylic acids is 1. The molecule has 1 aliphatic heterocycles. The van der Waals surface area contributed by atoms with Gasteiger partial charge in [-0.15, -0.1) is 0 Å². The van der Waals surface area contributed by atoms with Crippen LogP contribution in [0.3, 0.4) is 0 Å². The maximum atomic E-state index is 11.6. The van der Waals surface area contributed by atoms with E-state index < -0.39 is 11.9 Å². The van der Waals surface area contributed by atoms with Crippen LogP contribution in [0.25, 0.3) is 0 Å². The first-order valence-corrected chi connectivity index (χ1v) is 7.44. The second kappa shape index (κ2) is 7.41. The molecule has 2 unspecified atom stereocenters. The number of nitrogens with two attached hydrogens (primary N) is 1. The molecule has 0 radical (unpaired) electrons. The molecule has 20 heavy (non-hydrogen) atoms. The lowest BCUT2D eigenvalue weighted by Gasteiger charge is -2.37. The molecule has 2 rings (SSSR count). The molecule has 2 atom stereocenters. The van der Waals surface area contributed by atoms with E-state index in [4.69, 9.17) is 5.73 Å². The lowest BCUT2D eigenvalue weighted by molar-refractivity contribution is -0.139. The van der Waals surface area contributed by atoms with Crippen molar-refractivity contribution < 1.29 is 9.90 Å². The minimum absolute atomic E-state index is 0.444. The van der Waals surface area contributed by atoms with Crippen LogP contribution in [0, 0.1) is 0 Å². The Hall–Kier alpha value is -1.39. The molecular weight excluding hydrogens is 252 g/mol. The Balaban J connectivity index is 2.09. The lowest BCUT2D eigenvalue weighted by atomic mass is 9.94. The highest BCUT2D eigenvalue weighted by atomic mass is 16.4. The number of piperidine rings is 1. The molecule has 4 nitrogen and oxygen atoms in total. The molecule has 1 aromatic rings. The van der Waals surface area contributed by atoms with Crippen molar-refractivity contribution in [1.29, 1.82) is 0 Å². The van der Waals surface area contributed by atoms with Crippen molar-refractivity contribution in [2.75, 3.05) is 19.6 Å². The number of likely N-dealkylation sites (tertiary alicyclic amines) is 1. The molecule has 1 saturated heterocycles. The minimum Gasteiger partial charge on any atom is -0.481 e. The summed E-state index contributed by atoms with van der Waals surface area (Å²) in [4.78, 5) is 13.9. The van der Waals surface area contributed by atoms with Gasteiger partial charge in [-0.1, -0.05) is 36.8 Å². The molecule has 3 N–H and O–H groups in total. The third-order valence-corrected chi connectivity index (χ3v) is 4.17. The summed E-state index contributed by atoms with van der Waals surface area (Å²) in [6.07, 6.45) is 4.48. The fraction of sp³-hybridized carbons (Fsp3) is 0.562. The molecule has 0 amide bonds. The summed E-state index contributed by atoms with van der Waals surface area (Å²) in [6, 6.07) is 9.97. The van der Waals surface area contributed by atoms with Crippen LogP contribution in [-0.4, -0.2) is 41.7 Å². The number of carboxylic acids is 1. The highest BCUT2D eigenvalue weighted by Gasteiger charge is 2.28. The fourth-order valence-corrected chi connectivity index (χ4v) is 3.07. The second-order valence-corrected chi connectivity index (χ2v) is 5.52. The first-order chi connectivity index (χ1) is 9.72. The van der Waals surface area contributed by atoms with Crippen LogP contribution in [0.4, 0.5) is 0 Å². The van der Waals surface area contributed by atoms with Crippen molar-refractivity contribution in [2.45, 2.75) is 37.6 Å². The standard InChI is InChI=1S/C16H24N2O2/c17-10-9-14-8-4-5-11-18(14)12-15(16(19)20)13-6-2-1-3-7-13/h1-3,6-7,14-15H,4-5,8-12,17H2,(H,19,20). The normalized spacial score (nSPS) is 21.6. The third-order valence-electron chi connectivity index (χ3n) is 4.17. The van der Waals surface area contributed by atoms with Gasteiger partial charge < -0.3 is 10.8 Å². The Morgan fingerprint density at radius 3 is 2.75 bits per heavy atom. The van der Waals surface area contributed by atoms with Crippen molar-refractivity contribution in [1.82, 2.24) is 4.90 Å². The first kappa shape index (κ1) is 15.0. The number of benzene rings is 1. The fourth-order valence-electron chi connectivity index (χ4n) is 3.07. The van der Waals surface area contributed by atoms with Crippen LogP contribution in [0.1, 0.15) is 37.2 Å². The SMILES string of the molecule is NCCC1CCCCN1CC(C(=O)O)c1ccccc1. The summed E-state index contributed by atoms with van der Waals surface area (Å²) in [6.45, 7) is 2.25. The Kier molecular flexibility index (Phi) is 5.56. The van der Waals surface area contributed by atoms with Gasteiger partial charge >= 0.3 is 5.97 Å². The number of nitrogens with zero attached hydrogens (tertiary/aromatic N) is 1. The van der Waals surface area contributed by atoms with Crippen LogP contribution >= 0.6 is 0 Å². The first-order valence-electron chi connectivity index (χ1n) is 7.44. The highest BCUT2D eigenvalue weighted by Crippen LogP contribution is 2.24. The second-order valence-electron chi connectivity index (χ2n) is 5.52. The van der Waals surface area contributed by atoms with E-state index in [0.29, 0.717) is 19.1 Å². The number of rotatable bonds is 6. The van der Waals surface area contributed by atoms with Gasteiger partial charge in [0.1, 0.15) is 0 Å². The van der Waals surface area contributed by atoms with Gasteiger partial charge in [0.2, 0.25) is 0 Å². The minimum atomic E-state index is -0.742. The number of hydrogen-bond acceptors (Lipinski definition) is 3. The van der Waals surface area contributed by atoms with Crippen molar-refractivity contribution in [3.05, 3.63) is 35.9 Å². The van der Waals surface area contributed by atoms with Gasteiger partial charge in [0.25, 0.3) is 0 Å². The van der Waals surface area contributed by atoms with Crippen LogP contribution in [0.15, 0.2) is 30.3 Å². The van der Waals surface area contributed by atoms with Crippen molar-refractivity contribution >= 4 is 5.97 Å². The number of hydrogen-bond donors (Lipinski definition) is 2. The molecule has 1 fully saturated rings. The van der Waals surface area contributed by atoms with E-state index in [9.17, 15) is 9.90 Å². The van der Waals surface area contributed by atoms with Gasteiger partial charge in [0.15, 0.2) is 0 Å². The van der Waals surface area contributed by atoms with Gasteiger partial charge in [-0.2, -0.15) is 0 Å². The van der Waals surface area contributed by atoms with Crippen LogP contribution in [0.2, 0.25) is 0 Å². The maximum Gasteiger partial charge on any atom is 0.312 e. The summed E-state index contributed by atoms with van der Waals surface area (Å²) >= 11 is 0.